The van der Waals surface area contributed by atoms with Gasteiger partial charge in [-0.2, -0.15) is 4.40 Å². The van der Waals surface area contributed by atoms with E-state index in [0.717, 1.165) is 32.3 Å². The molecule has 0 saturated carbocycles. The molecular formula is C22H20N3O2S2+. The molecule has 0 bridgehead atoms. The Labute approximate surface area is 176 Å². The largest absolute Gasteiger partial charge is 0.491 e. The summed E-state index contributed by atoms with van der Waals surface area (Å²) in [5, 5.41) is 10.1. The Morgan fingerprint density at radius 1 is 1.21 bits per heavy atom. The Hall–Kier alpha value is -2.61. The second-order valence-electron chi connectivity index (χ2n) is 6.86. The number of benzene rings is 2. The van der Waals surface area contributed by atoms with E-state index in [0.29, 0.717) is 6.61 Å². The van der Waals surface area contributed by atoms with E-state index in [1.54, 1.807) is 23.1 Å². The fourth-order valence-electron chi connectivity index (χ4n) is 3.54. The number of rotatable bonds is 4. The highest BCUT2D eigenvalue weighted by atomic mass is 32.2. The summed E-state index contributed by atoms with van der Waals surface area (Å²) in [7, 11) is 2.10. The molecule has 0 radical (unpaired) electrons. The van der Waals surface area contributed by atoms with Crippen molar-refractivity contribution in [3.63, 3.8) is 0 Å². The van der Waals surface area contributed by atoms with Crippen molar-refractivity contribution >= 4 is 50.0 Å². The van der Waals surface area contributed by atoms with Gasteiger partial charge in [0, 0.05) is 30.2 Å². The van der Waals surface area contributed by atoms with Crippen LogP contribution in [0.15, 0.2) is 58.5 Å². The number of ether oxygens (including phenoxy) is 1. The van der Waals surface area contributed by atoms with E-state index >= 15 is 0 Å². The summed E-state index contributed by atoms with van der Waals surface area (Å²) in [6, 6.07) is 16.6. The lowest BCUT2D eigenvalue weighted by Gasteiger charge is -2.12. The number of thioether (sulfide) groups is 1. The third kappa shape index (κ3) is 3.25. The Bertz CT molecular complexity index is 1270. The molecule has 5 rings (SSSR count). The monoisotopic (exact) mass is 422 g/mol. The fraction of sp³-hybridized carbons (Fsp3) is 0.182. The number of nitrogens with zero attached hydrogens (tertiary/aromatic N) is 3. The van der Waals surface area contributed by atoms with Gasteiger partial charge in [0.25, 0.3) is 0 Å². The quantitative estimate of drug-likeness (QED) is 0.498. The minimum atomic E-state index is 0.00816. The Balaban J connectivity index is 1.55. The number of aliphatic hydroxyl groups is 1. The second-order valence-corrected chi connectivity index (χ2v) is 8.93. The van der Waals surface area contributed by atoms with Crippen molar-refractivity contribution < 1.29 is 14.2 Å². The van der Waals surface area contributed by atoms with E-state index in [1.165, 1.54) is 15.6 Å². The van der Waals surface area contributed by atoms with Gasteiger partial charge in [-0.05, 0) is 47.5 Å². The van der Waals surface area contributed by atoms with E-state index in [9.17, 15) is 0 Å². The highest BCUT2D eigenvalue weighted by Gasteiger charge is 2.23. The van der Waals surface area contributed by atoms with Crippen LogP contribution in [0.25, 0.3) is 21.3 Å². The van der Waals surface area contributed by atoms with Gasteiger partial charge in [0.2, 0.25) is 0 Å². The summed E-state index contributed by atoms with van der Waals surface area (Å²) < 4.78 is 8.84. The van der Waals surface area contributed by atoms with Gasteiger partial charge in [0.15, 0.2) is 11.2 Å². The van der Waals surface area contributed by atoms with Crippen LogP contribution in [0, 0.1) is 6.92 Å². The number of hydrogen-bond acceptors (Lipinski definition) is 6. The van der Waals surface area contributed by atoms with E-state index in [1.807, 2.05) is 12.1 Å². The van der Waals surface area contributed by atoms with Crippen LogP contribution in [-0.2, 0) is 0 Å². The molecule has 0 unspecified atom stereocenters. The molecular weight excluding hydrogens is 402 g/mol. The summed E-state index contributed by atoms with van der Waals surface area (Å²) in [5.74, 6) is 0.764. The third-order valence-corrected chi connectivity index (χ3v) is 7.07. The number of hydrogen-bond donors (Lipinski definition) is 1. The maximum absolute atomic E-state index is 8.97. The molecule has 4 aromatic rings. The predicted octanol–water partition coefficient (Wildman–Crippen LogP) is 4.26. The minimum Gasteiger partial charge on any atom is -0.491 e. The van der Waals surface area contributed by atoms with Gasteiger partial charge in [0.05, 0.1) is 22.0 Å². The lowest BCUT2D eigenvalue weighted by Crippen LogP contribution is -2.25. The average Bonchev–Trinajstić information content (AvgIpc) is 3.24. The SMILES string of the molecule is Cc1cc(/C=C2\Sc3ccccc3N2C)nc2sc3cc(OCCO)ccc3[n+]12. The first-order valence-corrected chi connectivity index (χ1v) is 11.0. The number of aryl methyl sites for hydroxylation is 1. The van der Waals surface area contributed by atoms with Crippen molar-refractivity contribution in [2.24, 2.45) is 0 Å². The normalized spacial score (nSPS) is 14.9. The first-order chi connectivity index (χ1) is 14.1. The van der Waals surface area contributed by atoms with Crippen LogP contribution in [0.2, 0.25) is 0 Å². The Kier molecular flexibility index (Phi) is 4.66. The van der Waals surface area contributed by atoms with E-state index in [-0.39, 0.29) is 6.61 Å². The zero-order valence-electron chi connectivity index (χ0n) is 16.1. The lowest BCUT2D eigenvalue weighted by molar-refractivity contribution is -0.488. The van der Waals surface area contributed by atoms with Crippen molar-refractivity contribution in [1.29, 1.82) is 0 Å². The second kappa shape index (κ2) is 7.33. The molecule has 1 N–H and O–H groups in total. The predicted molar refractivity (Wildman–Crippen MR) is 119 cm³/mol. The average molecular weight is 423 g/mol. The van der Waals surface area contributed by atoms with Gasteiger partial charge in [-0.15, -0.1) is 0 Å². The van der Waals surface area contributed by atoms with Crippen molar-refractivity contribution in [2.45, 2.75) is 11.8 Å². The molecule has 29 heavy (non-hydrogen) atoms. The third-order valence-electron chi connectivity index (χ3n) is 4.90. The molecule has 146 valence electrons. The summed E-state index contributed by atoms with van der Waals surface area (Å²) in [6.45, 7) is 2.42. The van der Waals surface area contributed by atoms with Crippen LogP contribution in [0.1, 0.15) is 11.4 Å². The fourth-order valence-corrected chi connectivity index (χ4v) is 5.76. The van der Waals surface area contributed by atoms with Gasteiger partial charge < -0.3 is 14.7 Å². The molecule has 0 aliphatic carbocycles. The van der Waals surface area contributed by atoms with Crippen molar-refractivity contribution in [1.82, 2.24) is 4.98 Å². The topological polar surface area (TPSA) is 49.7 Å². The molecule has 1 aliphatic heterocycles. The van der Waals surface area contributed by atoms with E-state index in [2.05, 4.69) is 65.7 Å². The molecule has 0 saturated heterocycles. The van der Waals surface area contributed by atoms with Crippen molar-refractivity contribution in [3.8, 4) is 5.75 Å². The van der Waals surface area contributed by atoms with Gasteiger partial charge in [-0.1, -0.05) is 23.9 Å². The molecule has 1 aliphatic rings. The smallest absolute Gasteiger partial charge is 0.388 e. The standard InChI is InChI=1S/C22H20N3O2S2/c1-14-11-15(12-21-24(2)17-5-3-4-6-19(17)28-21)23-22-25(14)18-8-7-16(27-10-9-26)13-20(18)29-22/h3-8,11-13,26H,9-10H2,1-2H3/q+1. The summed E-state index contributed by atoms with van der Waals surface area (Å²) >= 11 is 3.41. The number of para-hydroxylation sites is 1. The maximum atomic E-state index is 8.97. The maximum Gasteiger partial charge on any atom is 0.388 e. The highest BCUT2D eigenvalue weighted by Crippen LogP contribution is 2.45. The first kappa shape index (κ1) is 18.4. The Morgan fingerprint density at radius 3 is 2.90 bits per heavy atom. The highest BCUT2D eigenvalue weighted by molar-refractivity contribution is 8.03. The van der Waals surface area contributed by atoms with E-state index < -0.39 is 0 Å². The summed E-state index contributed by atoms with van der Waals surface area (Å²) in [4.78, 5) is 9.34. The molecule has 2 aromatic carbocycles. The molecule has 3 heterocycles. The number of fused-ring (bicyclic) bond motifs is 4. The summed E-state index contributed by atoms with van der Waals surface area (Å²) in [5.41, 5.74) is 4.44. The molecule has 0 fully saturated rings. The molecule has 5 nitrogen and oxygen atoms in total. The number of thiazole rings is 1. The van der Waals surface area contributed by atoms with Gasteiger partial charge in [0.1, 0.15) is 18.1 Å². The molecule has 0 spiro atoms. The van der Waals surface area contributed by atoms with Crippen LogP contribution >= 0.6 is 23.1 Å². The van der Waals surface area contributed by atoms with Crippen LogP contribution in [-0.4, -0.2) is 30.4 Å². The molecule has 7 heteroatoms. The number of aromatic nitrogens is 2. The molecule has 0 atom stereocenters. The van der Waals surface area contributed by atoms with Gasteiger partial charge in [-0.25, -0.2) is 0 Å². The van der Waals surface area contributed by atoms with E-state index in [4.69, 9.17) is 14.8 Å². The zero-order valence-corrected chi connectivity index (χ0v) is 17.8. The number of anilines is 1. The summed E-state index contributed by atoms with van der Waals surface area (Å²) in [6.07, 6.45) is 2.15. The van der Waals surface area contributed by atoms with Crippen molar-refractivity contribution in [2.75, 3.05) is 25.2 Å². The van der Waals surface area contributed by atoms with Gasteiger partial charge >= 0.3 is 4.96 Å². The van der Waals surface area contributed by atoms with Crippen LogP contribution in [0.3, 0.4) is 0 Å². The first-order valence-electron chi connectivity index (χ1n) is 9.36. The lowest BCUT2D eigenvalue weighted by atomic mass is 10.3. The van der Waals surface area contributed by atoms with Crippen LogP contribution < -0.4 is 14.0 Å². The minimum absolute atomic E-state index is 0.00816. The molecule has 0 amide bonds. The van der Waals surface area contributed by atoms with Crippen LogP contribution in [0.5, 0.6) is 5.75 Å². The van der Waals surface area contributed by atoms with Crippen LogP contribution in [0.4, 0.5) is 5.69 Å². The number of aliphatic hydroxyl groups excluding tert-OH is 1. The zero-order chi connectivity index (χ0) is 20.0. The van der Waals surface area contributed by atoms with Gasteiger partial charge in [-0.3, -0.25) is 0 Å². The van der Waals surface area contributed by atoms with Crippen molar-refractivity contribution in [3.05, 3.63) is 64.9 Å². The Morgan fingerprint density at radius 2 is 2.07 bits per heavy atom. The molecule has 2 aromatic heterocycles.